The minimum atomic E-state index is -1.50. The molecular weight excluding hydrogens is 502 g/mol. The third kappa shape index (κ3) is 4.63. The van der Waals surface area contributed by atoms with Gasteiger partial charge in [0.1, 0.15) is 22.5 Å². The van der Waals surface area contributed by atoms with Gasteiger partial charge in [-0.15, -0.1) is 16.4 Å². The Morgan fingerprint density at radius 2 is 2.00 bits per heavy atom. The highest BCUT2D eigenvalue weighted by atomic mass is 32.1. The number of hydrogen-bond acceptors (Lipinski definition) is 9. The normalized spacial score (nSPS) is 19.9. The van der Waals surface area contributed by atoms with Crippen molar-refractivity contribution in [2.45, 2.75) is 43.8 Å². The molecule has 1 aliphatic carbocycles. The largest absolute Gasteiger partial charge is 0.472 e. The molecule has 11 heteroatoms. The van der Waals surface area contributed by atoms with E-state index < -0.39 is 5.60 Å². The molecule has 4 aromatic rings. The summed E-state index contributed by atoms with van der Waals surface area (Å²) in [6, 6.07) is 9.23. The molecule has 0 bridgehead atoms. The van der Waals surface area contributed by atoms with Gasteiger partial charge >= 0.3 is 0 Å². The lowest BCUT2D eigenvalue weighted by molar-refractivity contribution is -0.143. The van der Waals surface area contributed by atoms with E-state index in [0.29, 0.717) is 41.7 Å². The Hall–Kier alpha value is -3.83. The number of aryl methyl sites for hydroxylation is 1. The van der Waals surface area contributed by atoms with Crippen molar-refractivity contribution in [2.75, 3.05) is 18.9 Å². The van der Waals surface area contributed by atoms with E-state index >= 15 is 0 Å². The van der Waals surface area contributed by atoms with Crippen molar-refractivity contribution >= 4 is 28.9 Å². The van der Waals surface area contributed by atoms with Crippen LogP contribution in [-0.2, 0) is 17.4 Å². The summed E-state index contributed by atoms with van der Waals surface area (Å²) in [7, 11) is 3.56. The van der Waals surface area contributed by atoms with Gasteiger partial charge in [0.15, 0.2) is 5.60 Å². The quantitative estimate of drug-likeness (QED) is 0.366. The van der Waals surface area contributed by atoms with Crippen molar-refractivity contribution in [1.82, 2.24) is 29.6 Å². The van der Waals surface area contributed by atoms with Crippen LogP contribution in [0.25, 0.3) is 22.0 Å². The molecule has 196 valence electrons. The van der Waals surface area contributed by atoms with Crippen molar-refractivity contribution in [1.29, 1.82) is 0 Å². The first kappa shape index (κ1) is 24.5. The second-order valence-electron chi connectivity index (χ2n) is 9.89. The number of anilines is 2. The number of likely N-dealkylation sites (tertiary alicyclic amines) is 1. The van der Waals surface area contributed by atoms with E-state index in [9.17, 15) is 9.90 Å². The second-order valence-corrected chi connectivity index (χ2v) is 10.8. The molecule has 1 amide bonds. The van der Waals surface area contributed by atoms with Gasteiger partial charge in [0, 0.05) is 44.2 Å². The third-order valence-electron chi connectivity index (χ3n) is 7.14. The molecule has 6 rings (SSSR count). The Kier molecular flexibility index (Phi) is 6.32. The predicted octanol–water partition coefficient (Wildman–Crippen LogP) is 4.12. The Bertz CT molecular complexity index is 1480. The minimum absolute atomic E-state index is 0.193. The Morgan fingerprint density at radius 1 is 1.16 bits per heavy atom. The molecule has 4 heterocycles. The summed E-state index contributed by atoms with van der Waals surface area (Å²) in [5.41, 5.74) is 2.04. The third-order valence-corrected chi connectivity index (χ3v) is 8.03. The molecule has 1 unspecified atom stereocenters. The zero-order chi connectivity index (χ0) is 26.3. The first-order chi connectivity index (χ1) is 18.4. The van der Waals surface area contributed by atoms with Crippen LogP contribution in [-0.4, -0.2) is 60.3 Å². The summed E-state index contributed by atoms with van der Waals surface area (Å²) in [4.78, 5) is 28.0. The van der Waals surface area contributed by atoms with E-state index in [2.05, 4.69) is 20.4 Å². The highest BCUT2D eigenvalue weighted by molar-refractivity contribution is 7.13. The zero-order valence-electron chi connectivity index (χ0n) is 21.3. The molecule has 1 saturated carbocycles. The average Bonchev–Trinajstić information content (AvgIpc) is 3.72. The van der Waals surface area contributed by atoms with Crippen molar-refractivity contribution in [3.05, 3.63) is 53.7 Å². The minimum Gasteiger partial charge on any atom is -0.472 e. The van der Waals surface area contributed by atoms with Crippen LogP contribution in [0, 0.1) is 0 Å². The fourth-order valence-electron chi connectivity index (χ4n) is 5.04. The molecule has 1 atom stereocenters. The summed E-state index contributed by atoms with van der Waals surface area (Å²) in [5.74, 6) is 0.702. The lowest BCUT2D eigenvalue weighted by atomic mass is 9.91. The van der Waals surface area contributed by atoms with Gasteiger partial charge in [-0.3, -0.25) is 9.48 Å². The molecule has 0 spiro atoms. The molecule has 1 aromatic carbocycles. The number of nitrogens with zero attached hydrogens (tertiary/aromatic N) is 6. The van der Waals surface area contributed by atoms with E-state index in [1.807, 2.05) is 42.9 Å². The van der Waals surface area contributed by atoms with Gasteiger partial charge < -0.3 is 20.1 Å². The number of ether oxygens (including phenoxy) is 1. The summed E-state index contributed by atoms with van der Waals surface area (Å²) in [5, 5.41) is 21.5. The Balaban J connectivity index is 1.22. The van der Waals surface area contributed by atoms with Gasteiger partial charge in [0.25, 0.3) is 11.8 Å². The van der Waals surface area contributed by atoms with E-state index in [1.165, 1.54) is 24.2 Å². The maximum atomic E-state index is 12.6. The summed E-state index contributed by atoms with van der Waals surface area (Å²) in [6.07, 6.45) is 8.57. The molecule has 2 fully saturated rings. The molecule has 38 heavy (non-hydrogen) atoms. The monoisotopic (exact) mass is 531 g/mol. The van der Waals surface area contributed by atoms with Crippen LogP contribution in [0.2, 0.25) is 0 Å². The van der Waals surface area contributed by atoms with Crippen molar-refractivity contribution < 1.29 is 14.6 Å². The highest BCUT2D eigenvalue weighted by Crippen LogP contribution is 2.36. The Labute approximate surface area is 224 Å². The number of amides is 1. The van der Waals surface area contributed by atoms with Crippen molar-refractivity contribution in [2.24, 2.45) is 7.05 Å². The molecule has 1 aliphatic heterocycles. The topological polar surface area (TPSA) is 118 Å². The van der Waals surface area contributed by atoms with Crippen LogP contribution in [0.5, 0.6) is 5.88 Å². The first-order valence-electron chi connectivity index (χ1n) is 12.7. The molecule has 2 N–H and O–H groups in total. The number of carbonyl (C=O) groups is 1. The SMILES string of the molecule is CN1CCC(O)(c2cccc(-c3nc(-c4ccnc(Nc5cn(C)nc5OC5CCCC5)n4)cs3)c2)C1=O. The van der Waals surface area contributed by atoms with Gasteiger partial charge in [-0.2, -0.15) is 0 Å². The summed E-state index contributed by atoms with van der Waals surface area (Å²) >= 11 is 1.48. The van der Waals surface area contributed by atoms with E-state index in [1.54, 1.807) is 28.9 Å². The zero-order valence-corrected chi connectivity index (χ0v) is 22.1. The standard InChI is InChI=1S/C27H29N7O3S/c1-33-13-11-27(36,25(33)35)18-7-5-6-17(14-18)24-29-22(16-38-24)20-10-12-28-26(30-20)31-21-15-34(2)32-23(21)37-19-8-3-4-9-19/h5-7,10,12,14-16,19,36H,3-4,8-9,11,13H2,1-2H3,(H,28,30,31). The number of benzene rings is 1. The van der Waals surface area contributed by atoms with Crippen LogP contribution in [0.4, 0.5) is 11.6 Å². The second kappa shape index (κ2) is 9.80. The molecule has 1 saturated heterocycles. The number of nitrogens with one attached hydrogen (secondary N) is 1. The lowest BCUT2D eigenvalue weighted by Crippen LogP contribution is -2.36. The fraction of sp³-hybridized carbons (Fsp3) is 0.370. The van der Waals surface area contributed by atoms with Gasteiger partial charge in [-0.25, -0.2) is 15.0 Å². The summed E-state index contributed by atoms with van der Waals surface area (Å²) in [6.45, 7) is 0.526. The van der Waals surface area contributed by atoms with Gasteiger partial charge in [0.05, 0.1) is 11.9 Å². The molecule has 0 radical (unpaired) electrons. The smallest absolute Gasteiger partial charge is 0.258 e. The van der Waals surface area contributed by atoms with Crippen LogP contribution in [0.15, 0.2) is 48.1 Å². The molecule has 2 aliphatic rings. The van der Waals surface area contributed by atoms with Crippen LogP contribution in [0.3, 0.4) is 0 Å². The van der Waals surface area contributed by atoms with Gasteiger partial charge in [-0.05, 0) is 43.4 Å². The van der Waals surface area contributed by atoms with Crippen molar-refractivity contribution in [3.8, 4) is 27.8 Å². The van der Waals surface area contributed by atoms with E-state index in [0.717, 1.165) is 29.1 Å². The number of aromatic nitrogens is 5. The lowest BCUT2D eigenvalue weighted by Gasteiger charge is -2.21. The molecule has 3 aromatic heterocycles. The number of likely N-dealkylation sites (N-methyl/N-ethyl adjacent to an activating group) is 1. The van der Waals surface area contributed by atoms with Crippen LogP contribution in [0.1, 0.15) is 37.7 Å². The summed E-state index contributed by atoms with van der Waals surface area (Å²) < 4.78 is 7.84. The molecule has 10 nitrogen and oxygen atoms in total. The van der Waals surface area contributed by atoms with Crippen LogP contribution < -0.4 is 10.1 Å². The number of thiazole rings is 1. The average molecular weight is 532 g/mol. The maximum Gasteiger partial charge on any atom is 0.258 e. The highest BCUT2D eigenvalue weighted by Gasteiger charge is 2.45. The van der Waals surface area contributed by atoms with Gasteiger partial charge in [-0.1, -0.05) is 18.2 Å². The number of hydrogen-bond donors (Lipinski definition) is 2. The first-order valence-corrected chi connectivity index (χ1v) is 13.6. The van der Waals surface area contributed by atoms with E-state index in [-0.39, 0.29) is 12.0 Å². The molecular formula is C27H29N7O3S. The van der Waals surface area contributed by atoms with Gasteiger partial charge in [0.2, 0.25) is 5.95 Å². The van der Waals surface area contributed by atoms with Crippen molar-refractivity contribution in [3.63, 3.8) is 0 Å². The Morgan fingerprint density at radius 3 is 2.79 bits per heavy atom. The van der Waals surface area contributed by atoms with E-state index in [4.69, 9.17) is 9.72 Å². The number of rotatable bonds is 7. The predicted molar refractivity (Wildman–Crippen MR) is 144 cm³/mol. The number of carbonyl (C=O) groups excluding carboxylic acids is 1. The maximum absolute atomic E-state index is 12.6. The number of aliphatic hydroxyl groups is 1. The fourth-order valence-corrected chi connectivity index (χ4v) is 5.85. The van der Waals surface area contributed by atoms with Crippen LogP contribution >= 0.6 is 11.3 Å².